The van der Waals surface area contributed by atoms with Crippen molar-refractivity contribution in [1.82, 2.24) is 0 Å². The molecule has 0 radical (unpaired) electrons. The summed E-state index contributed by atoms with van der Waals surface area (Å²) in [6, 6.07) is 6.88. The molecule has 1 aromatic carbocycles. The Morgan fingerprint density at radius 1 is 1.11 bits per heavy atom. The van der Waals surface area contributed by atoms with Crippen molar-refractivity contribution in [3.63, 3.8) is 0 Å². The lowest BCUT2D eigenvalue weighted by atomic mass is 9.80. The Kier molecular flexibility index (Phi) is 3.76. The van der Waals surface area contributed by atoms with Crippen LogP contribution in [-0.2, 0) is 18.0 Å². The van der Waals surface area contributed by atoms with Crippen LogP contribution in [-0.4, -0.2) is 0 Å². The summed E-state index contributed by atoms with van der Waals surface area (Å²) in [6.07, 6.45) is 5.51. The molecule has 1 fully saturated rings. The zero-order valence-electron chi connectivity index (χ0n) is 11.0. The maximum absolute atomic E-state index is 5.49. The van der Waals surface area contributed by atoms with Gasteiger partial charge in [-0.25, -0.2) is 0 Å². The van der Waals surface area contributed by atoms with Gasteiger partial charge in [-0.3, -0.25) is 0 Å². The quantitative estimate of drug-likeness (QED) is 0.700. The van der Waals surface area contributed by atoms with E-state index in [9.17, 15) is 0 Å². The van der Waals surface area contributed by atoms with Crippen molar-refractivity contribution < 1.29 is 4.74 Å². The lowest BCUT2D eigenvalue weighted by molar-refractivity contribution is 0.134. The second-order valence-electron chi connectivity index (χ2n) is 5.94. The van der Waals surface area contributed by atoms with E-state index in [1.54, 1.807) is 0 Å². The molecule has 1 saturated carbocycles. The maximum Gasteiger partial charge on any atom is 0.0725 e. The van der Waals surface area contributed by atoms with Gasteiger partial charge in [0.1, 0.15) is 0 Å². The Bertz CT molecular complexity index is 421. The molecule has 98 valence electrons. The first-order valence-corrected chi connectivity index (χ1v) is 7.99. The average Bonchev–Trinajstić information content (AvgIpc) is 2.86. The number of ether oxygens (including phenoxy) is 1. The Morgan fingerprint density at radius 3 is 2.61 bits per heavy atom. The van der Waals surface area contributed by atoms with E-state index in [0.29, 0.717) is 4.83 Å². The SMILES string of the molecule is CC1CCC(C(Br)c2ccc3c(c2)COC3)CC1. The fraction of sp³-hybridized carbons (Fsp3) is 0.625. The highest BCUT2D eigenvalue weighted by molar-refractivity contribution is 9.09. The normalized spacial score (nSPS) is 29.0. The second-order valence-corrected chi connectivity index (χ2v) is 6.93. The summed E-state index contributed by atoms with van der Waals surface area (Å²) < 4.78 is 5.49. The summed E-state index contributed by atoms with van der Waals surface area (Å²) in [5.41, 5.74) is 4.20. The van der Waals surface area contributed by atoms with Crippen molar-refractivity contribution in [3.8, 4) is 0 Å². The molecule has 0 saturated heterocycles. The summed E-state index contributed by atoms with van der Waals surface area (Å²) in [4.78, 5) is 0.524. The number of hydrogen-bond donors (Lipinski definition) is 0. The topological polar surface area (TPSA) is 9.23 Å². The number of rotatable bonds is 2. The minimum Gasteiger partial charge on any atom is -0.372 e. The molecular weight excluding hydrogens is 288 g/mol. The van der Waals surface area contributed by atoms with Crippen LogP contribution in [0.2, 0.25) is 0 Å². The molecule has 0 bridgehead atoms. The molecule has 1 nitrogen and oxygen atoms in total. The summed E-state index contributed by atoms with van der Waals surface area (Å²) in [5, 5.41) is 0. The zero-order chi connectivity index (χ0) is 12.5. The Hall–Kier alpha value is -0.340. The van der Waals surface area contributed by atoms with Gasteiger partial charge >= 0.3 is 0 Å². The Labute approximate surface area is 118 Å². The van der Waals surface area contributed by atoms with Crippen LogP contribution in [0.5, 0.6) is 0 Å². The van der Waals surface area contributed by atoms with Gasteiger partial charge < -0.3 is 4.74 Å². The van der Waals surface area contributed by atoms with Crippen LogP contribution in [0, 0.1) is 11.8 Å². The van der Waals surface area contributed by atoms with Crippen LogP contribution >= 0.6 is 15.9 Å². The molecule has 1 heterocycles. The Balaban J connectivity index is 1.74. The van der Waals surface area contributed by atoms with E-state index in [-0.39, 0.29) is 0 Å². The fourth-order valence-electron chi connectivity index (χ4n) is 3.21. The number of benzene rings is 1. The predicted octanol–water partition coefficient (Wildman–Crippen LogP) is 4.98. The largest absolute Gasteiger partial charge is 0.372 e. The molecule has 1 unspecified atom stereocenters. The molecule has 18 heavy (non-hydrogen) atoms. The van der Waals surface area contributed by atoms with Gasteiger partial charge in [0.15, 0.2) is 0 Å². The van der Waals surface area contributed by atoms with Gasteiger partial charge in [0, 0.05) is 4.83 Å². The van der Waals surface area contributed by atoms with Crippen molar-refractivity contribution in [3.05, 3.63) is 34.9 Å². The zero-order valence-corrected chi connectivity index (χ0v) is 12.6. The highest BCUT2D eigenvalue weighted by Crippen LogP contribution is 2.42. The first-order chi connectivity index (χ1) is 8.74. The number of hydrogen-bond acceptors (Lipinski definition) is 1. The van der Waals surface area contributed by atoms with Gasteiger partial charge in [-0.2, -0.15) is 0 Å². The van der Waals surface area contributed by atoms with E-state index in [4.69, 9.17) is 4.74 Å². The van der Waals surface area contributed by atoms with Crippen LogP contribution in [0.15, 0.2) is 18.2 Å². The number of alkyl halides is 1. The maximum atomic E-state index is 5.49. The molecule has 1 aliphatic heterocycles. The van der Waals surface area contributed by atoms with E-state index in [1.165, 1.54) is 42.4 Å². The van der Waals surface area contributed by atoms with Crippen LogP contribution in [0.4, 0.5) is 0 Å². The van der Waals surface area contributed by atoms with E-state index in [0.717, 1.165) is 25.0 Å². The average molecular weight is 309 g/mol. The highest BCUT2D eigenvalue weighted by atomic mass is 79.9. The highest BCUT2D eigenvalue weighted by Gasteiger charge is 2.26. The van der Waals surface area contributed by atoms with Crippen LogP contribution < -0.4 is 0 Å². The van der Waals surface area contributed by atoms with Gasteiger partial charge in [0.2, 0.25) is 0 Å². The molecule has 1 aliphatic carbocycles. The van der Waals surface area contributed by atoms with Crippen molar-refractivity contribution >= 4 is 15.9 Å². The third-order valence-corrected chi connectivity index (χ3v) is 5.81. The second kappa shape index (κ2) is 5.34. The predicted molar refractivity (Wildman–Crippen MR) is 77.7 cm³/mol. The van der Waals surface area contributed by atoms with Gasteiger partial charge in [-0.05, 0) is 41.4 Å². The summed E-state index contributed by atoms with van der Waals surface area (Å²) in [5.74, 6) is 1.73. The summed E-state index contributed by atoms with van der Waals surface area (Å²) in [7, 11) is 0. The van der Waals surface area contributed by atoms with Crippen molar-refractivity contribution in [2.24, 2.45) is 11.8 Å². The molecule has 0 amide bonds. The molecule has 1 atom stereocenters. The van der Waals surface area contributed by atoms with E-state index in [1.807, 2.05) is 0 Å². The third kappa shape index (κ3) is 2.50. The van der Waals surface area contributed by atoms with E-state index in [2.05, 4.69) is 41.1 Å². The monoisotopic (exact) mass is 308 g/mol. The molecule has 1 aromatic rings. The number of halogens is 1. The van der Waals surface area contributed by atoms with Crippen LogP contribution in [0.3, 0.4) is 0 Å². The first kappa shape index (κ1) is 12.7. The number of fused-ring (bicyclic) bond motifs is 1. The lowest BCUT2D eigenvalue weighted by Crippen LogP contribution is -2.16. The van der Waals surface area contributed by atoms with Crippen molar-refractivity contribution in [1.29, 1.82) is 0 Å². The minimum atomic E-state index is 0.524. The van der Waals surface area contributed by atoms with Gasteiger partial charge in [0.25, 0.3) is 0 Å². The van der Waals surface area contributed by atoms with Gasteiger partial charge in [-0.1, -0.05) is 53.9 Å². The van der Waals surface area contributed by atoms with Crippen molar-refractivity contribution in [2.45, 2.75) is 50.6 Å². The summed E-state index contributed by atoms with van der Waals surface area (Å²) in [6.45, 7) is 3.97. The van der Waals surface area contributed by atoms with E-state index < -0.39 is 0 Å². The van der Waals surface area contributed by atoms with Gasteiger partial charge in [0.05, 0.1) is 13.2 Å². The summed E-state index contributed by atoms with van der Waals surface area (Å²) >= 11 is 3.93. The lowest BCUT2D eigenvalue weighted by Gasteiger charge is -2.30. The van der Waals surface area contributed by atoms with Crippen molar-refractivity contribution in [2.75, 3.05) is 0 Å². The fourth-order valence-corrected chi connectivity index (χ4v) is 4.03. The Morgan fingerprint density at radius 2 is 1.83 bits per heavy atom. The molecule has 2 aliphatic rings. The molecular formula is C16H21BrO. The van der Waals surface area contributed by atoms with E-state index >= 15 is 0 Å². The van der Waals surface area contributed by atoms with Crippen LogP contribution in [0.1, 0.15) is 54.1 Å². The molecule has 3 rings (SSSR count). The standard InChI is InChI=1S/C16H21BrO/c1-11-2-4-12(5-3-11)16(17)13-6-7-14-9-18-10-15(14)8-13/h6-8,11-12,16H,2-5,9-10H2,1H3. The minimum absolute atomic E-state index is 0.524. The van der Waals surface area contributed by atoms with Gasteiger partial charge in [-0.15, -0.1) is 0 Å². The molecule has 0 N–H and O–H groups in total. The molecule has 0 aromatic heterocycles. The third-order valence-electron chi connectivity index (χ3n) is 4.54. The smallest absolute Gasteiger partial charge is 0.0725 e. The van der Waals surface area contributed by atoms with Crippen LogP contribution in [0.25, 0.3) is 0 Å². The molecule has 2 heteroatoms. The molecule has 0 spiro atoms. The first-order valence-electron chi connectivity index (χ1n) is 7.07.